The van der Waals surface area contributed by atoms with Crippen LogP contribution in [0.25, 0.3) is 0 Å². The van der Waals surface area contributed by atoms with Gasteiger partial charge in [-0.2, -0.15) is 0 Å². The summed E-state index contributed by atoms with van der Waals surface area (Å²) in [6.45, 7) is 4.53. The molecule has 1 saturated heterocycles. The second-order valence-corrected chi connectivity index (χ2v) is 4.02. The summed E-state index contributed by atoms with van der Waals surface area (Å²) < 4.78 is 5.23. The van der Waals surface area contributed by atoms with E-state index in [0.717, 1.165) is 39.0 Å². The van der Waals surface area contributed by atoms with Crippen LogP contribution in [-0.4, -0.2) is 25.7 Å². The van der Waals surface area contributed by atoms with E-state index in [9.17, 15) is 4.79 Å². The fourth-order valence-electron chi connectivity index (χ4n) is 1.56. The molecule has 0 bridgehead atoms. The number of ether oxygens (including phenoxy) is 1. The van der Waals surface area contributed by atoms with Crippen LogP contribution in [0.4, 0.5) is 0 Å². The van der Waals surface area contributed by atoms with Gasteiger partial charge in [0.1, 0.15) is 0 Å². The normalized spacial score (nSPS) is 21.0. The van der Waals surface area contributed by atoms with Crippen LogP contribution in [0.5, 0.6) is 0 Å². The Bertz CT molecular complexity index is 208. The van der Waals surface area contributed by atoms with Crippen molar-refractivity contribution in [2.24, 2.45) is 5.92 Å². The molecule has 1 amide bonds. The van der Waals surface area contributed by atoms with Gasteiger partial charge in [-0.3, -0.25) is 4.79 Å². The Morgan fingerprint density at radius 3 is 3.13 bits per heavy atom. The Morgan fingerprint density at radius 2 is 2.47 bits per heavy atom. The van der Waals surface area contributed by atoms with E-state index in [-0.39, 0.29) is 5.91 Å². The maximum absolute atomic E-state index is 11.3. The van der Waals surface area contributed by atoms with Crippen LogP contribution in [0.1, 0.15) is 32.6 Å². The van der Waals surface area contributed by atoms with E-state index < -0.39 is 0 Å². The molecule has 1 N–H and O–H groups in total. The number of hydrogen-bond acceptors (Lipinski definition) is 2. The molecule has 1 unspecified atom stereocenters. The number of allylic oxidation sites excluding steroid dienone is 1. The minimum Gasteiger partial charge on any atom is -0.381 e. The highest BCUT2D eigenvalue weighted by Crippen LogP contribution is 2.10. The summed E-state index contributed by atoms with van der Waals surface area (Å²) in [5, 5.41) is 2.90. The van der Waals surface area contributed by atoms with Gasteiger partial charge in [0.05, 0.1) is 6.61 Å². The molecule has 0 saturated carbocycles. The Kier molecular flexibility index (Phi) is 6.09. The molecule has 0 spiro atoms. The number of carbonyl (C=O) groups excluding carboxylic acids is 1. The largest absolute Gasteiger partial charge is 0.381 e. The smallest absolute Gasteiger partial charge is 0.243 e. The van der Waals surface area contributed by atoms with E-state index >= 15 is 0 Å². The first-order valence-corrected chi connectivity index (χ1v) is 5.85. The molecule has 1 aliphatic heterocycles. The summed E-state index contributed by atoms with van der Waals surface area (Å²) in [6.07, 6.45) is 7.98. The van der Waals surface area contributed by atoms with Crippen LogP contribution in [0.2, 0.25) is 0 Å². The summed E-state index contributed by atoms with van der Waals surface area (Å²) in [4.78, 5) is 11.3. The highest BCUT2D eigenvalue weighted by molar-refractivity contribution is 5.87. The summed E-state index contributed by atoms with van der Waals surface area (Å²) in [7, 11) is 0. The molecule has 1 fully saturated rings. The molecule has 0 aromatic heterocycles. The van der Waals surface area contributed by atoms with E-state index in [1.54, 1.807) is 6.08 Å². The quantitative estimate of drug-likeness (QED) is 0.538. The molecule has 0 aromatic rings. The molecule has 0 radical (unpaired) electrons. The Labute approximate surface area is 91.9 Å². The van der Waals surface area contributed by atoms with Crippen molar-refractivity contribution in [1.29, 1.82) is 0 Å². The van der Waals surface area contributed by atoms with Gasteiger partial charge in [0.2, 0.25) is 5.91 Å². The van der Waals surface area contributed by atoms with Crippen molar-refractivity contribution in [3.8, 4) is 0 Å². The van der Waals surface area contributed by atoms with Crippen molar-refractivity contribution in [2.75, 3.05) is 19.8 Å². The minimum absolute atomic E-state index is 0.0259. The van der Waals surface area contributed by atoms with E-state index in [1.807, 2.05) is 6.08 Å². The molecule has 86 valence electrons. The second-order valence-electron chi connectivity index (χ2n) is 4.02. The van der Waals surface area contributed by atoms with Crippen LogP contribution in [0, 0.1) is 5.92 Å². The second kappa shape index (κ2) is 7.46. The van der Waals surface area contributed by atoms with Gasteiger partial charge in [0.15, 0.2) is 0 Å². The van der Waals surface area contributed by atoms with Crippen molar-refractivity contribution in [3.63, 3.8) is 0 Å². The van der Waals surface area contributed by atoms with Gasteiger partial charge >= 0.3 is 0 Å². The average Bonchev–Trinajstić information content (AvgIpc) is 2.74. The zero-order chi connectivity index (χ0) is 10.9. The first-order valence-electron chi connectivity index (χ1n) is 5.85. The monoisotopic (exact) mass is 211 g/mol. The lowest BCUT2D eigenvalue weighted by atomic mass is 10.1. The van der Waals surface area contributed by atoms with Crippen LogP contribution < -0.4 is 5.32 Å². The molecule has 1 aliphatic rings. The number of carbonyl (C=O) groups is 1. The number of amides is 1. The van der Waals surface area contributed by atoms with Gasteiger partial charge in [-0.15, -0.1) is 0 Å². The van der Waals surface area contributed by atoms with Crippen LogP contribution in [0.3, 0.4) is 0 Å². The number of hydrogen-bond donors (Lipinski definition) is 1. The lowest BCUT2D eigenvalue weighted by molar-refractivity contribution is -0.116. The maximum atomic E-state index is 11.3. The highest BCUT2D eigenvalue weighted by Gasteiger charge is 2.15. The van der Waals surface area contributed by atoms with Crippen molar-refractivity contribution < 1.29 is 9.53 Å². The van der Waals surface area contributed by atoms with E-state index in [0.29, 0.717) is 5.92 Å². The Morgan fingerprint density at radius 1 is 1.60 bits per heavy atom. The predicted molar refractivity (Wildman–Crippen MR) is 60.6 cm³/mol. The average molecular weight is 211 g/mol. The first-order chi connectivity index (χ1) is 7.33. The van der Waals surface area contributed by atoms with Gasteiger partial charge in [-0.1, -0.05) is 25.8 Å². The van der Waals surface area contributed by atoms with Crippen LogP contribution in [0.15, 0.2) is 12.2 Å². The lowest BCUT2D eigenvalue weighted by Crippen LogP contribution is -2.27. The molecule has 1 rings (SSSR count). The van der Waals surface area contributed by atoms with Crippen molar-refractivity contribution in [1.82, 2.24) is 5.32 Å². The zero-order valence-electron chi connectivity index (χ0n) is 9.50. The third-order valence-electron chi connectivity index (χ3n) is 2.58. The van der Waals surface area contributed by atoms with Gasteiger partial charge in [0, 0.05) is 19.1 Å². The number of nitrogens with one attached hydrogen (secondary N) is 1. The van der Waals surface area contributed by atoms with Crippen LogP contribution >= 0.6 is 0 Å². The van der Waals surface area contributed by atoms with Crippen molar-refractivity contribution >= 4 is 5.91 Å². The molecule has 1 heterocycles. The lowest BCUT2D eigenvalue weighted by Gasteiger charge is -2.06. The number of unbranched alkanes of at least 4 members (excludes halogenated alkanes) is 2. The maximum Gasteiger partial charge on any atom is 0.243 e. The van der Waals surface area contributed by atoms with E-state index in [1.165, 1.54) is 6.42 Å². The Hall–Kier alpha value is -0.830. The van der Waals surface area contributed by atoms with Crippen molar-refractivity contribution in [2.45, 2.75) is 32.6 Å². The predicted octanol–water partition coefficient (Wildman–Crippen LogP) is 1.89. The minimum atomic E-state index is 0.0259. The summed E-state index contributed by atoms with van der Waals surface area (Å²) >= 11 is 0. The van der Waals surface area contributed by atoms with Gasteiger partial charge in [-0.25, -0.2) is 0 Å². The SMILES string of the molecule is CCCCC=CC(=O)NCC1CCOC1. The molecule has 3 heteroatoms. The summed E-state index contributed by atoms with van der Waals surface area (Å²) in [5.74, 6) is 0.538. The van der Waals surface area contributed by atoms with Gasteiger partial charge in [0.25, 0.3) is 0 Å². The van der Waals surface area contributed by atoms with Crippen LogP contribution in [-0.2, 0) is 9.53 Å². The molecule has 15 heavy (non-hydrogen) atoms. The summed E-state index contributed by atoms with van der Waals surface area (Å²) in [6, 6.07) is 0. The molecule has 0 aliphatic carbocycles. The van der Waals surface area contributed by atoms with E-state index in [4.69, 9.17) is 4.74 Å². The number of rotatable bonds is 6. The highest BCUT2D eigenvalue weighted by atomic mass is 16.5. The summed E-state index contributed by atoms with van der Waals surface area (Å²) in [5.41, 5.74) is 0. The fraction of sp³-hybridized carbons (Fsp3) is 0.750. The molecule has 1 atom stereocenters. The first kappa shape index (κ1) is 12.2. The molecular formula is C12H21NO2. The fourth-order valence-corrected chi connectivity index (χ4v) is 1.56. The van der Waals surface area contributed by atoms with Gasteiger partial charge < -0.3 is 10.1 Å². The topological polar surface area (TPSA) is 38.3 Å². The Balaban J connectivity index is 2.04. The standard InChI is InChI=1S/C12H21NO2/c1-2-3-4-5-6-12(14)13-9-11-7-8-15-10-11/h5-6,11H,2-4,7-10H2,1H3,(H,13,14). The van der Waals surface area contributed by atoms with Gasteiger partial charge in [-0.05, 0) is 18.9 Å². The zero-order valence-corrected chi connectivity index (χ0v) is 9.50. The molecule has 0 aromatic carbocycles. The molecular weight excluding hydrogens is 190 g/mol. The van der Waals surface area contributed by atoms with E-state index in [2.05, 4.69) is 12.2 Å². The van der Waals surface area contributed by atoms with Crippen molar-refractivity contribution in [3.05, 3.63) is 12.2 Å². The molecule has 3 nitrogen and oxygen atoms in total. The third kappa shape index (κ3) is 5.57. The third-order valence-corrected chi connectivity index (χ3v) is 2.58.